The Bertz CT molecular complexity index is 857. The summed E-state index contributed by atoms with van der Waals surface area (Å²) >= 11 is 0. The van der Waals surface area contributed by atoms with Gasteiger partial charge in [0.2, 0.25) is 5.91 Å². The van der Waals surface area contributed by atoms with E-state index in [1.807, 2.05) is 30.3 Å². The van der Waals surface area contributed by atoms with Gasteiger partial charge in [-0.3, -0.25) is 14.6 Å². The number of rotatable bonds is 3. The van der Waals surface area contributed by atoms with Gasteiger partial charge in [0.1, 0.15) is 6.54 Å². The number of benzene rings is 1. The molecule has 0 fully saturated rings. The molecule has 0 spiro atoms. The molecule has 1 amide bonds. The van der Waals surface area contributed by atoms with Crippen LogP contribution in [0.25, 0.3) is 10.9 Å². The van der Waals surface area contributed by atoms with Gasteiger partial charge in [-0.1, -0.05) is 18.2 Å². The Balaban J connectivity index is 1.77. The van der Waals surface area contributed by atoms with Crippen molar-refractivity contribution in [2.45, 2.75) is 6.54 Å². The molecule has 21 heavy (non-hydrogen) atoms. The molecule has 1 aromatic carbocycles. The number of hydrogen-bond acceptors (Lipinski definition) is 4. The molecule has 6 heteroatoms. The van der Waals surface area contributed by atoms with E-state index in [-0.39, 0.29) is 18.0 Å². The van der Waals surface area contributed by atoms with Crippen LogP contribution in [0, 0.1) is 0 Å². The van der Waals surface area contributed by atoms with Crippen LogP contribution in [-0.4, -0.2) is 20.7 Å². The minimum Gasteiger partial charge on any atom is -0.323 e. The second-order valence-electron chi connectivity index (χ2n) is 4.48. The molecule has 1 N–H and O–H groups in total. The van der Waals surface area contributed by atoms with Gasteiger partial charge in [-0.15, -0.1) is 0 Å². The lowest BCUT2D eigenvalue weighted by molar-refractivity contribution is -0.117. The van der Waals surface area contributed by atoms with Crippen LogP contribution in [0.5, 0.6) is 0 Å². The Hall–Kier alpha value is -3.02. The summed E-state index contributed by atoms with van der Waals surface area (Å²) < 4.78 is 1.10. The summed E-state index contributed by atoms with van der Waals surface area (Å²) in [5.74, 6) is -0.326. The van der Waals surface area contributed by atoms with Gasteiger partial charge in [0.25, 0.3) is 5.56 Å². The molecule has 0 atom stereocenters. The van der Waals surface area contributed by atoms with Gasteiger partial charge in [0, 0.05) is 17.6 Å². The molecular weight excluding hydrogens is 268 g/mol. The number of para-hydroxylation sites is 1. The average molecular weight is 280 g/mol. The fourth-order valence-corrected chi connectivity index (χ4v) is 1.98. The second kappa shape index (κ2) is 5.54. The first-order chi connectivity index (χ1) is 10.2. The summed E-state index contributed by atoms with van der Waals surface area (Å²) in [4.78, 5) is 27.7. The lowest BCUT2D eigenvalue weighted by Crippen LogP contribution is -2.28. The van der Waals surface area contributed by atoms with Gasteiger partial charge >= 0.3 is 0 Å². The zero-order chi connectivity index (χ0) is 14.7. The van der Waals surface area contributed by atoms with Gasteiger partial charge in [0.05, 0.1) is 17.4 Å². The number of fused-ring (bicyclic) bond motifs is 1. The van der Waals surface area contributed by atoms with Crippen molar-refractivity contribution < 1.29 is 4.79 Å². The molecule has 0 saturated carbocycles. The molecule has 2 aromatic heterocycles. The number of hydrogen-bond donors (Lipinski definition) is 1. The molecule has 0 aliphatic carbocycles. The standard InChI is InChI=1S/C15H12N4O2/c20-14(10-19-15(21)6-3-7-17-19)18-12-8-11-4-1-2-5-13(11)16-9-12/h1-9H,10H2,(H,18,20). The SMILES string of the molecule is O=C(Cn1ncccc1=O)Nc1cnc2ccccc2c1. The molecule has 6 nitrogen and oxygen atoms in total. The van der Waals surface area contributed by atoms with Crippen LogP contribution in [0.15, 0.2) is 59.7 Å². The maximum absolute atomic E-state index is 11.9. The Morgan fingerprint density at radius 2 is 2.05 bits per heavy atom. The lowest BCUT2D eigenvalue weighted by atomic mass is 10.2. The number of aromatic nitrogens is 3. The van der Waals surface area contributed by atoms with Crippen molar-refractivity contribution in [3.05, 3.63) is 65.2 Å². The highest BCUT2D eigenvalue weighted by atomic mass is 16.2. The van der Waals surface area contributed by atoms with Crippen LogP contribution in [-0.2, 0) is 11.3 Å². The zero-order valence-electron chi connectivity index (χ0n) is 11.1. The van der Waals surface area contributed by atoms with Crippen LogP contribution < -0.4 is 10.9 Å². The minimum atomic E-state index is -0.326. The van der Waals surface area contributed by atoms with E-state index in [0.29, 0.717) is 5.69 Å². The molecule has 0 unspecified atom stereocenters. The number of carbonyl (C=O) groups is 1. The number of amides is 1. The van der Waals surface area contributed by atoms with E-state index >= 15 is 0 Å². The molecule has 3 aromatic rings. The van der Waals surface area contributed by atoms with E-state index in [9.17, 15) is 9.59 Å². The van der Waals surface area contributed by atoms with Gasteiger partial charge in [-0.05, 0) is 18.2 Å². The average Bonchev–Trinajstić information content (AvgIpc) is 2.49. The molecule has 0 saturated heterocycles. The van der Waals surface area contributed by atoms with Gasteiger partial charge < -0.3 is 5.32 Å². The van der Waals surface area contributed by atoms with Crippen LogP contribution >= 0.6 is 0 Å². The molecule has 2 heterocycles. The largest absolute Gasteiger partial charge is 0.323 e. The molecular formula is C15H12N4O2. The summed E-state index contributed by atoms with van der Waals surface area (Å²) in [5.41, 5.74) is 1.13. The fraction of sp³-hybridized carbons (Fsp3) is 0.0667. The normalized spacial score (nSPS) is 10.5. The van der Waals surface area contributed by atoms with Crippen molar-refractivity contribution in [1.29, 1.82) is 0 Å². The Kier molecular flexibility index (Phi) is 3.42. The molecule has 0 aliphatic rings. The van der Waals surface area contributed by atoms with Crippen molar-refractivity contribution in [2.75, 3.05) is 5.32 Å². The molecule has 3 rings (SSSR count). The highest BCUT2D eigenvalue weighted by molar-refractivity contribution is 5.92. The summed E-state index contributed by atoms with van der Waals surface area (Å²) in [6, 6.07) is 12.4. The zero-order valence-corrected chi connectivity index (χ0v) is 11.1. The van der Waals surface area contributed by atoms with Crippen molar-refractivity contribution in [1.82, 2.24) is 14.8 Å². The van der Waals surface area contributed by atoms with E-state index in [4.69, 9.17) is 0 Å². The van der Waals surface area contributed by atoms with Crippen LogP contribution in [0.4, 0.5) is 5.69 Å². The first-order valence-electron chi connectivity index (χ1n) is 6.39. The molecule has 104 valence electrons. The summed E-state index contributed by atoms with van der Waals surface area (Å²) in [6.45, 7) is -0.132. The number of carbonyl (C=O) groups excluding carboxylic acids is 1. The Labute approximate surface area is 120 Å². The fourth-order valence-electron chi connectivity index (χ4n) is 1.98. The predicted octanol–water partition coefficient (Wildman–Crippen LogP) is 1.43. The molecule has 0 radical (unpaired) electrons. The molecule has 0 bridgehead atoms. The van der Waals surface area contributed by atoms with Crippen LogP contribution in [0.1, 0.15) is 0 Å². The van der Waals surface area contributed by atoms with E-state index in [2.05, 4.69) is 15.4 Å². The van der Waals surface area contributed by atoms with E-state index in [0.717, 1.165) is 15.6 Å². The molecule has 0 aliphatic heterocycles. The van der Waals surface area contributed by atoms with E-state index in [1.54, 1.807) is 6.20 Å². The number of pyridine rings is 1. The Morgan fingerprint density at radius 3 is 2.90 bits per heavy atom. The van der Waals surface area contributed by atoms with Crippen LogP contribution in [0.2, 0.25) is 0 Å². The monoisotopic (exact) mass is 280 g/mol. The Morgan fingerprint density at radius 1 is 1.19 bits per heavy atom. The van der Waals surface area contributed by atoms with Gasteiger partial charge in [-0.25, -0.2) is 4.68 Å². The minimum absolute atomic E-state index is 0.132. The maximum atomic E-state index is 11.9. The smallest absolute Gasteiger partial charge is 0.267 e. The third kappa shape index (κ3) is 2.94. The van der Waals surface area contributed by atoms with Crippen molar-refractivity contribution in [3.8, 4) is 0 Å². The van der Waals surface area contributed by atoms with E-state index in [1.165, 1.54) is 18.3 Å². The van der Waals surface area contributed by atoms with Crippen molar-refractivity contribution in [3.63, 3.8) is 0 Å². The predicted molar refractivity (Wildman–Crippen MR) is 78.9 cm³/mol. The maximum Gasteiger partial charge on any atom is 0.267 e. The third-order valence-electron chi connectivity index (χ3n) is 2.95. The number of nitrogens with zero attached hydrogens (tertiary/aromatic N) is 3. The first-order valence-corrected chi connectivity index (χ1v) is 6.39. The van der Waals surface area contributed by atoms with Gasteiger partial charge in [-0.2, -0.15) is 5.10 Å². The second-order valence-corrected chi connectivity index (χ2v) is 4.48. The number of anilines is 1. The summed E-state index contributed by atoms with van der Waals surface area (Å²) in [7, 11) is 0. The quantitative estimate of drug-likeness (QED) is 0.787. The first kappa shape index (κ1) is 13.0. The highest BCUT2D eigenvalue weighted by Gasteiger charge is 2.06. The van der Waals surface area contributed by atoms with E-state index < -0.39 is 0 Å². The highest BCUT2D eigenvalue weighted by Crippen LogP contribution is 2.15. The topological polar surface area (TPSA) is 76.9 Å². The number of nitrogens with one attached hydrogen (secondary N) is 1. The van der Waals surface area contributed by atoms with Crippen LogP contribution in [0.3, 0.4) is 0 Å². The van der Waals surface area contributed by atoms with Crippen molar-refractivity contribution >= 4 is 22.5 Å². The third-order valence-corrected chi connectivity index (χ3v) is 2.95. The summed E-state index contributed by atoms with van der Waals surface area (Å²) in [6.07, 6.45) is 3.05. The summed E-state index contributed by atoms with van der Waals surface area (Å²) in [5, 5.41) is 7.48. The van der Waals surface area contributed by atoms with Crippen molar-refractivity contribution in [2.24, 2.45) is 0 Å². The van der Waals surface area contributed by atoms with Gasteiger partial charge in [0.15, 0.2) is 0 Å². The lowest BCUT2D eigenvalue weighted by Gasteiger charge is -2.06.